The van der Waals surface area contributed by atoms with E-state index >= 15 is 0 Å². The van der Waals surface area contributed by atoms with E-state index in [9.17, 15) is 19.8 Å². The van der Waals surface area contributed by atoms with Crippen LogP contribution in [0.15, 0.2) is 11.6 Å². The largest absolute Gasteiger partial charge is 0.389 e. The van der Waals surface area contributed by atoms with Gasteiger partial charge in [0.15, 0.2) is 11.6 Å². The van der Waals surface area contributed by atoms with Gasteiger partial charge in [-0.2, -0.15) is 0 Å². The van der Waals surface area contributed by atoms with E-state index in [1.165, 1.54) is 6.92 Å². The van der Waals surface area contributed by atoms with Gasteiger partial charge in [-0.25, -0.2) is 0 Å². The Morgan fingerprint density at radius 1 is 1.04 bits per heavy atom. The smallest absolute Gasteiger partial charge is 0.161 e. The average Bonchev–Trinajstić information content (AvgIpc) is 2.83. The first-order chi connectivity index (χ1) is 11.6. The molecule has 138 valence electrons. The Labute approximate surface area is 149 Å². The third-order valence-electron chi connectivity index (χ3n) is 8.88. The molecule has 4 nitrogen and oxygen atoms in total. The van der Waals surface area contributed by atoms with Gasteiger partial charge in [0.05, 0.1) is 5.60 Å². The minimum absolute atomic E-state index is 0.0926. The van der Waals surface area contributed by atoms with Crippen molar-refractivity contribution in [1.29, 1.82) is 0 Å². The molecular weight excluding hydrogens is 316 g/mol. The van der Waals surface area contributed by atoms with Gasteiger partial charge in [0, 0.05) is 17.3 Å². The summed E-state index contributed by atoms with van der Waals surface area (Å²) in [4.78, 5) is 24.1. The van der Waals surface area contributed by atoms with Crippen LogP contribution in [0.1, 0.15) is 72.1 Å². The monoisotopic (exact) mass is 346 g/mol. The molecule has 2 N–H and O–H groups in total. The fourth-order valence-electron chi connectivity index (χ4n) is 7.10. The molecule has 0 amide bonds. The zero-order chi connectivity index (χ0) is 18.3. The van der Waals surface area contributed by atoms with E-state index in [-0.39, 0.29) is 28.8 Å². The molecule has 0 radical (unpaired) electrons. The maximum atomic E-state index is 12.2. The van der Waals surface area contributed by atoms with Crippen molar-refractivity contribution < 1.29 is 19.8 Å². The first kappa shape index (κ1) is 17.4. The minimum atomic E-state index is -1.25. The van der Waals surface area contributed by atoms with E-state index in [1.807, 2.05) is 0 Å². The summed E-state index contributed by atoms with van der Waals surface area (Å²) < 4.78 is 0. The van der Waals surface area contributed by atoms with Crippen molar-refractivity contribution in [3.05, 3.63) is 11.6 Å². The van der Waals surface area contributed by atoms with Gasteiger partial charge in [0.25, 0.3) is 0 Å². The highest BCUT2D eigenvalue weighted by molar-refractivity contribution is 5.91. The zero-order valence-corrected chi connectivity index (χ0v) is 15.6. The molecular formula is C21H30O4. The van der Waals surface area contributed by atoms with Crippen LogP contribution in [0.5, 0.6) is 0 Å². The molecule has 0 spiro atoms. The van der Waals surface area contributed by atoms with Gasteiger partial charge in [-0.3, -0.25) is 9.59 Å². The maximum absolute atomic E-state index is 12.2. The van der Waals surface area contributed by atoms with Crippen LogP contribution in [-0.2, 0) is 9.59 Å². The predicted octanol–water partition coefficient (Wildman–Crippen LogP) is 2.95. The van der Waals surface area contributed by atoms with Crippen molar-refractivity contribution >= 4 is 11.6 Å². The average molecular weight is 346 g/mol. The Morgan fingerprint density at radius 2 is 1.76 bits per heavy atom. The van der Waals surface area contributed by atoms with Gasteiger partial charge in [0.1, 0.15) is 5.60 Å². The summed E-state index contributed by atoms with van der Waals surface area (Å²) in [7, 11) is 0. The molecule has 3 fully saturated rings. The Balaban J connectivity index is 1.76. The van der Waals surface area contributed by atoms with Crippen molar-refractivity contribution in [2.24, 2.45) is 22.7 Å². The molecule has 6 atom stereocenters. The van der Waals surface area contributed by atoms with E-state index in [2.05, 4.69) is 13.8 Å². The maximum Gasteiger partial charge on any atom is 0.161 e. The van der Waals surface area contributed by atoms with Crippen molar-refractivity contribution in [1.82, 2.24) is 0 Å². The fraction of sp³-hybridized carbons (Fsp3) is 0.810. The van der Waals surface area contributed by atoms with Crippen LogP contribution in [0.3, 0.4) is 0 Å². The van der Waals surface area contributed by atoms with Crippen LogP contribution < -0.4 is 0 Å². The quantitative estimate of drug-likeness (QED) is 0.765. The Kier molecular flexibility index (Phi) is 3.51. The Bertz CT molecular complexity index is 681. The highest BCUT2D eigenvalue weighted by Crippen LogP contribution is 2.69. The minimum Gasteiger partial charge on any atom is -0.389 e. The van der Waals surface area contributed by atoms with Gasteiger partial charge < -0.3 is 10.2 Å². The van der Waals surface area contributed by atoms with Crippen molar-refractivity contribution in [2.75, 3.05) is 0 Å². The third-order valence-corrected chi connectivity index (χ3v) is 8.88. The van der Waals surface area contributed by atoms with Gasteiger partial charge >= 0.3 is 0 Å². The van der Waals surface area contributed by atoms with E-state index in [0.29, 0.717) is 32.1 Å². The molecule has 0 saturated heterocycles. The van der Waals surface area contributed by atoms with Crippen LogP contribution in [0.25, 0.3) is 0 Å². The number of fused-ring (bicyclic) bond motifs is 5. The van der Waals surface area contributed by atoms with Crippen molar-refractivity contribution in [2.45, 2.75) is 83.3 Å². The van der Waals surface area contributed by atoms with Crippen LogP contribution in [0.4, 0.5) is 0 Å². The molecule has 0 heterocycles. The summed E-state index contributed by atoms with van der Waals surface area (Å²) in [6.07, 6.45) is 7.27. The summed E-state index contributed by atoms with van der Waals surface area (Å²) in [5.41, 5.74) is -1.76. The molecule has 4 aliphatic rings. The van der Waals surface area contributed by atoms with E-state index in [0.717, 1.165) is 24.8 Å². The molecule has 0 bridgehead atoms. The first-order valence-corrected chi connectivity index (χ1v) is 9.78. The Morgan fingerprint density at radius 3 is 2.44 bits per heavy atom. The van der Waals surface area contributed by atoms with Crippen LogP contribution in [-0.4, -0.2) is 33.0 Å². The number of hydrogen-bond acceptors (Lipinski definition) is 4. The topological polar surface area (TPSA) is 74.6 Å². The lowest BCUT2D eigenvalue weighted by molar-refractivity contribution is -0.209. The SMILES string of the molecule is CC(=O)[C@@]1(O)CC[C@H]2[C@@H]3CCC4=CC(=O)CC[C@]4(C)[C@@]3(O)CC[C@@]21C. The molecule has 0 aliphatic heterocycles. The summed E-state index contributed by atoms with van der Waals surface area (Å²) in [6.45, 7) is 5.69. The molecule has 0 aromatic heterocycles. The zero-order valence-electron chi connectivity index (χ0n) is 15.6. The van der Waals surface area contributed by atoms with Gasteiger partial charge in [0.2, 0.25) is 0 Å². The second kappa shape index (κ2) is 5.04. The van der Waals surface area contributed by atoms with Crippen LogP contribution >= 0.6 is 0 Å². The van der Waals surface area contributed by atoms with E-state index in [4.69, 9.17) is 0 Å². The molecule has 0 aromatic rings. The second-order valence-electron chi connectivity index (χ2n) is 9.52. The summed E-state index contributed by atoms with van der Waals surface area (Å²) in [5.74, 6) is 0.307. The standard InChI is InChI=1S/C21H30O4/c1-13(22)20(24)9-7-16-17-5-4-14-12-15(23)6-8-18(14,2)21(17,25)11-10-19(16,20)3/h12,16-17,24-25H,4-11H2,1-3H3/t16-,17-,18-,19-,20-,21+/m0/s1. The number of hydrogen-bond donors (Lipinski definition) is 2. The lowest BCUT2D eigenvalue weighted by Gasteiger charge is -2.63. The summed E-state index contributed by atoms with van der Waals surface area (Å²) in [5, 5.41) is 23.0. The molecule has 0 unspecified atom stereocenters. The van der Waals surface area contributed by atoms with Crippen LogP contribution in [0, 0.1) is 22.7 Å². The highest BCUT2D eigenvalue weighted by Gasteiger charge is 2.69. The van der Waals surface area contributed by atoms with E-state index in [1.54, 1.807) is 6.08 Å². The molecule has 25 heavy (non-hydrogen) atoms. The lowest BCUT2D eigenvalue weighted by atomic mass is 9.44. The van der Waals surface area contributed by atoms with Crippen LogP contribution in [0.2, 0.25) is 0 Å². The molecule has 0 aromatic carbocycles. The normalized spacial score (nSPS) is 52.0. The fourth-order valence-corrected chi connectivity index (χ4v) is 7.10. The highest BCUT2D eigenvalue weighted by atomic mass is 16.3. The van der Waals surface area contributed by atoms with Gasteiger partial charge in [-0.1, -0.05) is 19.4 Å². The Hall–Kier alpha value is -1.00. The van der Waals surface area contributed by atoms with Gasteiger partial charge in [-0.05, 0) is 69.8 Å². The summed E-state index contributed by atoms with van der Waals surface area (Å²) in [6, 6.07) is 0. The van der Waals surface area contributed by atoms with Gasteiger partial charge in [-0.15, -0.1) is 0 Å². The number of Topliss-reactive ketones (excluding diaryl/α,β-unsaturated/α-hetero) is 1. The number of carbonyl (C=O) groups is 2. The molecule has 3 saturated carbocycles. The third kappa shape index (κ3) is 1.90. The first-order valence-electron chi connectivity index (χ1n) is 9.78. The second-order valence-corrected chi connectivity index (χ2v) is 9.52. The molecule has 4 rings (SSSR count). The lowest BCUT2D eigenvalue weighted by Crippen LogP contribution is -2.65. The van der Waals surface area contributed by atoms with Crippen molar-refractivity contribution in [3.63, 3.8) is 0 Å². The van der Waals surface area contributed by atoms with E-state index < -0.39 is 16.6 Å². The number of aliphatic hydroxyl groups is 2. The summed E-state index contributed by atoms with van der Waals surface area (Å²) >= 11 is 0. The number of rotatable bonds is 1. The number of ketones is 2. The van der Waals surface area contributed by atoms with Crippen molar-refractivity contribution in [3.8, 4) is 0 Å². The molecule has 4 heteroatoms. The molecule has 4 aliphatic carbocycles. The predicted molar refractivity (Wildman–Crippen MR) is 93.8 cm³/mol. The number of carbonyl (C=O) groups excluding carboxylic acids is 2.